The molecule has 1 saturated carbocycles. The second-order valence-corrected chi connectivity index (χ2v) is 15.7. The number of halogens is 2. The molecule has 17 heteroatoms. The van der Waals surface area contributed by atoms with Gasteiger partial charge >= 0.3 is 6.61 Å². The maximum atomic E-state index is 13.6. The Kier molecular flexibility index (Phi) is 11.7. The Morgan fingerprint density at radius 3 is 2.52 bits per heavy atom. The van der Waals surface area contributed by atoms with Crippen molar-refractivity contribution in [3.05, 3.63) is 54.6 Å². The number of carbonyl (C=O) groups is 3. The van der Waals surface area contributed by atoms with Crippen LogP contribution in [0.2, 0.25) is 0 Å². The first-order chi connectivity index (χ1) is 26.1. The second-order valence-electron chi connectivity index (χ2n) is 14.3. The van der Waals surface area contributed by atoms with Gasteiger partial charge in [0.2, 0.25) is 11.8 Å². The van der Waals surface area contributed by atoms with Gasteiger partial charge in [-0.3, -0.25) is 24.0 Å². The van der Waals surface area contributed by atoms with Crippen LogP contribution in [-0.2, 0) is 16.1 Å². The minimum atomic E-state index is -3.06. The Hall–Kier alpha value is -4.61. The SMILES string of the molecule is CN(C)C(=O)CN1CCN(CC2CCN(C(=O)CCn3cc(NC(=O)c4cnn5cccnc45)c(-c4cc(SC5CC5)ccc4OC(F)F)n3)CC2)CC1. The molecule has 4 aromatic rings. The van der Waals surface area contributed by atoms with Crippen LogP contribution in [0.3, 0.4) is 0 Å². The van der Waals surface area contributed by atoms with Crippen LogP contribution >= 0.6 is 11.8 Å². The minimum Gasteiger partial charge on any atom is -0.434 e. The molecule has 2 saturated heterocycles. The zero-order valence-electron chi connectivity index (χ0n) is 30.6. The van der Waals surface area contributed by atoms with Crippen molar-refractivity contribution in [1.29, 1.82) is 0 Å². The lowest BCUT2D eigenvalue weighted by molar-refractivity contribution is -0.133. The highest BCUT2D eigenvalue weighted by Gasteiger charge is 2.28. The van der Waals surface area contributed by atoms with Crippen molar-refractivity contribution in [3.8, 4) is 17.0 Å². The van der Waals surface area contributed by atoms with E-state index in [0.717, 1.165) is 63.3 Å². The van der Waals surface area contributed by atoms with E-state index < -0.39 is 12.5 Å². The number of piperazine rings is 1. The molecule has 3 aromatic heterocycles. The number of fused-ring (bicyclic) bond motifs is 1. The lowest BCUT2D eigenvalue weighted by atomic mass is 9.95. The number of hydrogen-bond donors (Lipinski definition) is 1. The molecule has 0 atom stereocenters. The van der Waals surface area contributed by atoms with Crippen LogP contribution in [0.1, 0.15) is 42.5 Å². The molecule has 5 heterocycles. The van der Waals surface area contributed by atoms with E-state index in [1.165, 1.54) is 16.8 Å². The van der Waals surface area contributed by atoms with E-state index in [0.29, 0.717) is 42.0 Å². The molecule has 1 aliphatic carbocycles. The number of likely N-dealkylation sites (N-methyl/N-ethyl adjacent to an activating group) is 1. The summed E-state index contributed by atoms with van der Waals surface area (Å²) >= 11 is 1.66. The molecular formula is C37H46F2N10O4S. The number of rotatable bonds is 14. The van der Waals surface area contributed by atoms with Gasteiger partial charge in [0.1, 0.15) is 17.0 Å². The van der Waals surface area contributed by atoms with Crippen LogP contribution in [0.5, 0.6) is 5.75 Å². The Morgan fingerprint density at radius 1 is 1.04 bits per heavy atom. The third kappa shape index (κ3) is 9.36. The molecule has 7 rings (SSSR count). The number of aromatic nitrogens is 5. The predicted molar refractivity (Wildman–Crippen MR) is 200 cm³/mol. The van der Waals surface area contributed by atoms with Gasteiger partial charge in [0.05, 0.1) is 18.4 Å². The van der Waals surface area contributed by atoms with Gasteiger partial charge in [-0.1, -0.05) is 0 Å². The number of hydrogen-bond acceptors (Lipinski definition) is 10. The normalized spacial score (nSPS) is 17.3. The molecule has 54 heavy (non-hydrogen) atoms. The second kappa shape index (κ2) is 16.8. The van der Waals surface area contributed by atoms with E-state index in [1.54, 1.807) is 72.2 Å². The number of alkyl halides is 2. The summed E-state index contributed by atoms with van der Waals surface area (Å²) in [7, 11) is 3.57. The molecule has 0 spiro atoms. The number of anilines is 1. The highest BCUT2D eigenvalue weighted by molar-refractivity contribution is 8.00. The van der Waals surface area contributed by atoms with Gasteiger partial charge in [0, 0.05) is 107 Å². The number of ether oxygens (including phenoxy) is 1. The molecule has 0 unspecified atom stereocenters. The summed E-state index contributed by atoms with van der Waals surface area (Å²) in [5.74, 6) is 0.0797. The number of nitrogens with zero attached hydrogens (tertiary/aromatic N) is 9. The predicted octanol–water partition coefficient (Wildman–Crippen LogP) is 4.04. The molecule has 1 aromatic carbocycles. The number of piperidine rings is 1. The fourth-order valence-corrected chi connectivity index (χ4v) is 8.00. The maximum absolute atomic E-state index is 13.6. The summed E-state index contributed by atoms with van der Waals surface area (Å²) in [4.78, 5) is 52.5. The fraction of sp³-hybridized carbons (Fsp3) is 0.514. The van der Waals surface area contributed by atoms with E-state index in [1.807, 2.05) is 4.90 Å². The van der Waals surface area contributed by atoms with Gasteiger partial charge < -0.3 is 24.8 Å². The highest BCUT2D eigenvalue weighted by Crippen LogP contribution is 2.43. The summed E-state index contributed by atoms with van der Waals surface area (Å²) in [5.41, 5.74) is 1.43. The zero-order chi connectivity index (χ0) is 37.8. The molecule has 3 amide bonds. The quantitative estimate of drug-likeness (QED) is 0.201. The summed E-state index contributed by atoms with van der Waals surface area (Å²) in [6.45, 7) is 3.59. The number of likely N-dealkylation sites (tertiary alicyclic amines) is 1. The molecule has 14 nitrogen and oxygen atoms in total. The zero-order valence-corrected chi connectivity index (χ0v) is 31.4. The summed E-state index contributed by atoms with van der Waals surface area (Å²) in [6.07, 6.45) is 10.5. The first kappa shape index (κ1) is 37.7. The minimum absolute atomic E-state index is 0.0113. The van der Waals surface area contributed by atoms with Crippen molar-refractivity contribution in [3.63, 3.8) is 0 Å². The number of amides is 3. The molecule has 0 radical (unpaired) electrons. The van der Waals surface area contributed by atoms with Crippen molar-refractivity contribution >= 4 is 40.8 Å². The lowest BCUT2D eigenvalue weighted by Gasteiger charge is -2.39. The van der Waals surface area contributed by atoms with E-state index in [-0.39, 0.29) is 47.5 Å². The summed E-state index contributed by atoms with van der Waals surface area (Å²) in [6, 6.07) is 6.73. The standard InChI is InChI=1S/C37H46F2N10O4S/c1-44(2)33(51)24-46-18-16-45(17-19-46)22-25-8-13-47(14-9-25)32(50)10-15-48-23-30(42-36(52)29-21-41-49-12-3-11-40-35(29)49)34(43-48)28-20-27(54-26-4-5-26)6-7-31(28)53-37(38)39/h3,6-7,11-12,20-21,23,25-26,37H,4-5,8-10,13-19,22,24H2,1-2H3,(H,42,52). The summed E-state index contributed by atoms with van der Waals surface area (Å²) in [5, 5.41) is 12.3. The Bertz CT molecular complexity index is 1950. The maximum Gasteiger partial charge on any atom is 0.387 e. The van der Waals surface area contributed by atoms with E-state index in [9.17, 15) is 23.2 Å². The first-order valence-corrected chi connectivity index (χ1v) is 19.3. The van der Waals surface area contributed by atoms with Gasteiger partial charge in [0.25, 0.3) is 5.91 Å². The van der Waals surface area contributed by atoms with Crippen LogP contribution in [0.25, 0.3) is 16.9 Å². The number of benzene rings is 1. The monoisotopic (exact) mass is 764 g/mol. The van der Waals surface area contributed by atoms with Crippen molar-refractivity contribution in [1.82, 2.24) is 44.0 Å². The highest BCUT2D eigenvalue weighted by atomic mass is 32.2. The van der Waals surface area contributed by atoms with Gasteiger partial charge in [-0.15, -0.1) is 11.8 Å². The molecule has 288 valence electrons. The molecule has 2 aliphatic heterocycles. The smallest absolute Gasteiger partial charge is 0.387 e. The summed E-state index contributed by atoms with van der Waals surface area (Å²) < 4.78 is 35.2. The first-order valence-electron chi connectivity index (χ1n) is 18.5. The van der Waals surface area contributed by atoms with Gasteiger partial charge in [-0.2, -0.15) is 19.0 Å². The average molecular weight is 765 g/mol. The Balaban J connectivity index is 1.01. The lowest BCUT2D eigenvalue weighted by Crippen LogP contribution is -2.51. The van der Waals surface area contributed by atoms with Crippen LogP contribution in [0.4, 0.5) is 14.5 Å². The van der Waals surface area contributed by atoms with Crippen LogP contribution in [0.15, 0.2) is 53.9 Å². The van der Waals surface area contributed by atoms with Crippen molar-refractivity contribution in [2.75, 3.05) is 71.8 Å². The van der Waals surface area contributed by atoms with Gasteiger partial charge in [0.15, 0.2) is 5.65 Å². The van der Waals surface area contributed by atoms with Crippen molar-refractivity contribution < 1.29 is 27.9 Å². The molecular weight excluding hydrogens is 719 g/mol. The van der Waals surface area contributed by atoms with Crippen LogP contribution in [0, 0.1) is 5.92 Å². The molecule has 0 bridgehead atoms. The number of nitrogens with one attached hydrogen (secondary N) is 1. The fourth-order valence-electron chi connectivity index (χ4n) is 6.91. The largest absolute Gasteiger partial charge is 0.434 e. The topological polar surface area (TPSA) is 133 Å². The van der Waals surface area contributed by atoms with Gasteiger partial charge in [-0.05, 0) is 55.9 Å². The van der Waals surface area contributed by atoms with E-state index in [4.69, 9.17) is 9.84 Å². The number of carbonyl (C=O) groups excluding carboxylic acids is 3. The van der Waals surface area contributed by atoms with Crippen molar-refractivity contribution in [2.45, 2.75) is 55.4 Å². The number of aryl methyl sites for hydroxylation is 1. The van der Waals surface area contributed by atoms with Crippen LogP contribution < -0.4 is 10.1 Å². The van der Waals surface area contributed by atoms with Crippen LogP contribution in [-0.4, -0.2) is 140 Å². The Labute approximate surface area is 316 Å². The van der Waals surface area contributed by atoms with E-state index >= 15 is 0 Å². The third-order valence-corrected chi connectivity index (χ3v) is 11.5. The third-order valence-electron chi connectivity index (χ3n) is 10.1. The number of thioether (sulfide) groups is 1. The molecule has 1 N–H and O–H groups in total. The average Bonchev–Trinajstić information content (AvgIpc) is 3.72. The Morgan fingerprint density at radius 2 is 1.80 bits per heavy atom. The van der Waals surface area contributed by atoms with Gasteiger partial charge in [-0.25, -0.2) is 9.50 Å². The molecule has 3 aliphatic rings. The van der Waals surface area contributed by atoms with Crippen molar-refractivity contribution in [2.24, 2.45) is 5.92 Å². The van der Waals surface area contributed by atoms with E-state index in [2.05, 4.69) is 25.2 Å². The molecule has 3 fully saturated rings.